The highest BCUT2D eigenvalue weighted by Gasteiger charge is 2.01. The molecule has 0 unspecified atom stereocenters. The first kappa shape index (κ1) is 20.9. The number of carbonyl (C=O) groups is 1. The maximum Gasteiger partial charge on any atom is 0.248 e. The second-order valence-corrected chi connectivity index (χ2v) is 6.45. The number of methoxy groups -OCH3 is 2. The summed E-state index contributed by atoms with van der Waals surface area (Å²) in [6.45, 7) is 0. The van der Waals surface area contributed by atoms with E-state index in [4.69, 9.17) is 9.47 Å². The maximum absolute atomic E-state index is 13.6. The Morgan fingerprint density at radius 2 is 1.47 bits per heavy atom. The van der Waals surface area contributed by atoms with Gasteiger partial charge < -0.3 is 14.8 Å². The molecule has 0 aliphatic rings. The zero-order valence-corrected chi connectivity index (χ0v) is 16.8. The van der Waals surface area contributed by atoms with Crippen molar-refractivity contribution in [1.82, 2.24) is 0 Å². The fraction of sp³-hybridized carbons (Fsp3) is 0.0800. The summed E-state index contributed by atoms with van der Waals surface area (Å²) in [6.07, 6.45) is 6.67. The number of anilines is 1. The number of ether oxygens (including phenoxy) is 2. The van der Waals surface area contributed by atoms with E-state index in [2.05, 4.69) is 5.32 Å². The van der Waals surface area contributed by atoms with E-state index in [1.54, 1.807) is 44.6 Å². The van der Waals surface area contributed by atoms with Gasteiger partial charge in [-0.3, -0.25) is 4.79 Å². The number of hydrogen-bond donors (Lipinski definition) is 1. The second-order valence-electron chi connectivity index (χ2n) is 6.45. The van der Waals surface area contributed by atoms with Gasteiger partial charge in [-0.05, 0) is 47.5 Å². The third-order valence-corrected chi connectivity index (χ3v) is 4.34. The van der Waals surface area contributed by atoms with Crippen molar-refractivity contribution >= 4 is 29.8 Å². The monoisotopic (exact) mass is 403 g/mol. The van der Waals surface area contributed by atoms with Gasteiger partial charge in [0.15, 0.2) is 0 Å². The van der Waals surface area contributed by atoms with Gasteiger partial charge >= 0.3 is 0 Å². The normalized spacial score (nSPS) is 11.0. The Balaban J connectivity index is 1.63. The third-order valence-electron chi connectivity index (χ3n) is 4.34. The third kappa shape index (κ3) is 5.82. The molecule has 0 heterocycles. The van der Waals surface area contributed by atoms with Gasteiger partial charge in [-0.25, -0.2) is 4.39 Å². The minimum atomic E-state index is -0.369. The Hall–Kier alpha value is -3.86. The van der Waals surface area contributed by atoms with Gasteiger partial charge in [0.2, 0.25) is 5.91 Å². The molecule has 0 atom stereocenters. The fourth-order valence-electron chi connectivity index (χ4n) is 2.76. The molecule has 30 heavy (non-hydrogen) atoms. The molecule has 0 aliphatic carbocycles. The first-order valence-electron chi connectivity index (χ1n) is 9.32. The quantitative estimate of drug-likeness (QED) is 0.409. The van der Waals surface area contributed by atoms with Crippen molar-refractivity contribution in [3.05, 3.63) is 95.3 Å². The highest BCUT2D eigenvalue weighted by molar-refractivity contribution is 6.02. The van der Waals surface area contributed by atoms with Gasteiger partial charge in [-0.2, -0.15) is 0 Å². The highest BCUT2D eigenvalue weighted by Crippen LogP contribution is 2.24. The molecule has 0 fully saturated rings. The largest absolute Gasteiger partial charge is 0.497 e. The van der Waals surface area contributed by atoms with Gasteiger partial charge in [0.05, 0.1) is 14.2 Å². The summed E-state index contributed by atoms with van der Waals surface area (Å²) >= 11 is 0. The van der Waals surface area contributed by atoms with E-state index in [9.17, 15) is 9.18 Å². The molecule has 0 saturated carbocycles. The fourth-order valence-corrected chi connectivity index (χ4v) is 2.76. The van der Waals surface area contributed by atoms with Crippen molar-refractivity contribution in [2.24, 2.45) is 0 Å². The molecule has 0 aliphatic heterocycles. The topological polar surface area (TPSA) is 47.6 Å². The SMILES string of the molecule is COc1cc(/C=C/c2ccc(NC(=O)/C=C/c3ccccc3F)cc2)cc(OC)c1. The highest BCUT2D eigenvalue weighted by atomic mass is 19.1. The Morgan fingerprint density at radius 3 is 2.10 bits per heavy atom. The average Bonchev–Trinajstić information content (AvgIpc) is 2.77. The van der Waals surface area contributed by atoms with Crippen LogP contribution in [0.25, 0.3) is 18.2 Å². The predicted octanol–water partition coefficient (Wildman–Crippen LogP) is 5.67. The van der Waals surface area contributed by atoms with E-state index in [1.807, 2.05) is 42.5 Å². The summed E-state index contributed by atoms with van der Waals surface area (Å²) in [5.74, 6) is 0.738. The Labute approximate surface area is 175 Å². The van der Waals surface area contributed by atoms with Crippen LogP contribution in [0.2, 0.25) is 0 Å². The van der Waals surface area contributed by atoms with Crippen molar-refractivity contribution in [2.45, 2.75) is 0 Å². The molecular formula is C25H22FNO3. The lowest BCUT2D eigenvalue weighted by Gasteiger charge is -2.06. The summed E-state index contributed by atoms with van der Waals surface area (Å²) in [4.78, 5) is 12.1. The van der Waals surface area contributed by atoms with E-state index in [0.717, 1.165) is 22.6 Å². The second kappa shape index (κ2) is 10.1. The van der Waals surface area contributed by atoms with Crippen LogP contribution in [0.15, 0.2) is 72.8 Å². The van der Waals surface area contributed by atoms with Crippen molar-refractivity contribution in [2.75, 3.05) is 19.5 Å². The Morgan fingerprint density at radius 1 is 0.833 bits per heavy atom. The van der Waals surface area contributed by atoms with Crippen molar-refractivity contribution < 1.29 is 18.7 Å². The lowest BCUT2D eigenvalue weighted by molar-refractivity contribution is -0.111. The van der Waals surface area contributed by atoms with Crippen LogP contribution >= 0.6 is 0 Å². The van der Waals surface area contributed by atoms with E-state index < -0.39 is 0 Å². The van der Waals surface area contributed by atoms with Gasteiger partial charge in [0.25, 0.3) is 0 Å². The Kier molecular flexibility index (Phi) is 7.00. The maximum atomic E-state index is 13.6. The first-order chi connectivity index (χ1) is 14.6. The van der Waals surface area contributed by atoms with Crippen molar-refractivity contribution in [3.8, 4) is 11.5 Å². The van der Waals surface area contributed by atoms with E-state index in [0.29, 0.717) is 11.3 Å². The molecule has 3 aromatic carbocycles. The molecular weight excluding hydrogens is 381 g/mol. The summed E-state index contributed by atoms with van der Waals surface area (Å²) in [5.41, 5.74) is 2.93. The lowest BCUT2D eigenvalue weighted by Crippen LogP contribution is -2.07. The van der Waals surface area contributed by atoms with Crippen LogP contribution in [0.1, 0.15) is 16.7 Å². The van der Waals surface area contributed by atoms with E-state index in [1.165, 1.54) is 18.2 Å². The minimum Gasteiger partial charge on any atom is -0.497 e. The standard InChI is InChI=1S/C25H22FNO3/c1-29-22-15-19(16-23(17-22)30-2)8-7-18-9-12-21(13-10-18)27-25(28)14-11-20-5-3-4-6-24(20)26/h3-17H,1-2H3,(H,27,28)/b8-7+,14-11+. The summed E-state index contributed by atoms with van der Waals surface area (Å²) in [7, 11) is 3.22. The molecule has 0 spiro atoms. The van der Waals surface area contributed by atoms with Crippen LogP contribution in [0.3, 0.4) is 0 Å². The molecule has 0 radical (unpaired) electrons. The number of carbonyl (C=O) groups excluding carboxylic acids is 1. The van der Waals surface area contributed by atoms with E-state index >= 15 is 0 Å². The predicted molar refractivity (Wildman–Crippen MR) is 119 cm³/mol. The summed E-state index contributed by atoms with van der Waals surface area (Å²) < 4.78 is 24.1. The Bertz CT molecular complexity index is 1050. The molecule has 1 N–H and O–H groups in total. The van der Waals surface area contributed by atoms with Crippen LogP contribution in [0.4, 0.5) is 10.1 Å². The zero-order chi connectivity index (χ0) is 21.3. The number of rotatable bonds is 7. The summed E-state index contributed by atoms with van der Waals surface area (Å²) in [5, 5.41) is 2.76. The first-order valence-corrected chi connectivity index (χ1v) is 9.32. The number of halogens is 1. The number of hydrogen-bond acceptors (Lipinski definition) is 3. The van der Waals surface area contributed by atoms with Crippen LogP contribution in [0, 0.1) is 5.82 Å². The van der Waals surface area contributed by atoms with Crippen molar-refractivity contribution in [1.29, 1.82) is 0 Å². The van der Waals surface area contributed by atoms with Crippen LogP contribution < -0.4 is 14.8 Å². The van der Waals surface area contributed by atoms with Gasteiger partial charge in [-0.15, -0.1) is 0 Å². The lowest BCUT2D eigenvalue weighted by atomic mass is 10.1. The number of nitrogens with one attached hydrogen (secondary N) is 1. The van der Waals surface area contributed by atoms with Gasteiger partial charge in [0.1, 0.15) is 17.3 Å². The molecule has 0 aromatic heterocycles. The molecule has 5 heteroatoms. The van der Waals surface area contributed by atoms with Crippen LogP contribution in [-0.2, 0) is 4.79 Å². The molecule has 0 saturated heterocycles. The summed E-state index contributed by atoms with van der Waals surface area (Å²) in [6, 6.07) is 19.3. The smallest absolute Gasteiger partial charge is 0.248 e. The molecule has 3 aromatic rings. The molecule has 0 bridgehead atoms. The zero-order valence-electron chi connectivity index (χ0n) is 16.8. The van der Waals surface area contributed by atoms with Gasteiger partial charge in [0, 0.05) is 23.4 Å². The number of benzene rings is 3. The number of amides is 1. The minimum absolute atomic E-state index is 0.329. The van der Waals surface area contributed by atoms with Gasteiger partial charge in [-0.1, -0.05) is 42.5 Å². The van der Waals surface area contributed by atoms with Crippen LogP contribution in [0.5, 0.6) is 11.5 Å². The molecule has 4 nitrogen and oxygen atoms in total. The average molecular weight is 403 g/mol. The van der Waals surface area contributed by atoms with E-state index in [-0.39, 0.29) is 11.7 Å². The molecule has 3 rings (SSSR count). The van der Waals surface area contributed by atoms with Crippen LogP contribution in [-0.4, -0.2) is 20.1 Å². The molecule has 1 amide bonds. The van der Waals surface area contributed by atoms with Crippen molar-refractivity contribution in [3.63, 3.8) is 0 Å². The molecule has 152 valence electrons.